The van der Waals surface area contributed by atoms with Crippen LogP contribution in [0.1, 0.15) is 38.5 Å². The van der Waals surface area contributed by atoms with Crippen LogP contribution in [-0.4, -0.2) is 43.9 Å². The van der Waals surface area contributed by atoms with Gasteiger partial charge in [0.25, 0.3) is 10.2 Å². The maximum Gasteiger partial charge on any atom is 0.304 e. The summed E-state index contributed by atoms with van der Waals surface area (Å²) in [6.45, 7) is 0.429. The van der Waals surface area contributed by atoms with E-state index in [2.05, 4.69) is 4.72 Å². The molecule has 0 unspecified atom stereocenters. The van der Waals surface area contributed by atoms with Gasteiger partial charge in [-0.2, -0.15) is 12.7 Å². The summed E-state index contributed by atoms with van der Waals surface area (Å²) in [5, 5.41) is 8.51. The highest BCUT2D eigenvalue weighted by Gasteiger charge is 2.19. The highest BCUT2D eigenvalue weighted by Crippen LogP contribution is 2.26. The second-order valence-corrected chi connectivity index (χ2v) is 6.67. The summed E-state index contributed by atoms with van der Waals surface area (Å²) in [6.07, 6.45) is 5.56. The normalized spacial score (nSPS) is 17.4. The number of carboxylic acid groups (broad SMARTS) is 1. The summed E-state index contributed by atoms with van der Waals surface area (Å²) in [5.74, 6) is -0.361. The van der Waals surface area contributed by atoms with Crippen LogP contribution in [0.5, 0.6) is 0 Å². The Kier molecular flexibility index (Phi) is 6.04. The average molecular weight is 278 g/mol. The number of carboxylic acids is 1. The molecule has 0 radical (unpaired) electrons. The summed E-state index contributed by atoms with van der Waals surface area (Å²) in [5.41, 5.74) is 0. The molecule has 6 nitrogen and oxygen atoms in total. The third-order valence-electron chi connectivity index (χ3n) is 3.36. The van der Waals surface area contributed by atoms with Crippen molar-refractivity contribution in [2.24, 2.45) is 5.92 Å². The summed E-state index contributed by atoms with van der Waals surface area (Å²) >= 11 is 0. The van der Waals surface area contributed by atoms with Gasteiger partial charge in [-0.3, -0.25) is 4.79 Å². The SMILES string of the molecule is CN(CCC(=O)O)S(=O)(=O)NCCC1CCCC1. The molecule has 0 atom stereocenters. The lowest BCUT2D eigenvalue weighted by Crippen LogP contribution is -2.39. The molecule has 1 aliphatic rings. The molecule has 7 heteroatoms. The number of rotatable bonds is 8. The van der Waals surface area contributed by atoms with Gasteiger partial charge in [-0.05, 0) is 12.3 Å². The van der Waals surface area contributed by atoms with E-state index in [-0.39, 0.29) is 13.0 Å². The highest BCUT2D eigenvalue weighted by atomic mass is 32.2. The largest absolute Gasteiger partial charge is 0.481 e. The van der Waals surface area contributed by atoms with Crippen LogP contribution in [0.15, 0.2) is 0 Å². The lowest BCUT2D eigenvalue weighted by Gasteiger charge is -2.17. The minimum absolute atomic E-state index is 0.00586. The number of aliphatic carboxylic acids is 1. The fourth-order valence-electron chi connectivity index (χ4n) is 2.17. The first kappa shape index (κ1) is 15.4. The van der Waals surface area contributed by atoms with E-state index in [1.807, 2.05) is 0 Å². The smallest absolute Gasteiger partial charge is 0.304 e. The molecule has 1 rings (SSSR count). The molecule has 0 spiro atoms. The molecule has 0 aliphatic heterocycles. The van der Waals surface area contributed by atoms with Crippen LogP contribution in [0, 0.1) is 5.92 Å². The highest BCUT2D eigenvalue weighted by molar-refractivity contribution is 7.87. The van der Waals surface area contributed by atoms with Gasteiger partial charge in [0.05, 0.1) is 6.42 Å². The van der Waals surface area contributed by atoms with E-state index >= 15 is 0 Å². The quantitative estimate of drug-likeness (QED) is 0.688. The molecule has 18 heavy (non-hydrogen) atoms. The Morgan fingerprint density at radius 1 is 1.39 bits per heavy atom. The Hall–Kier alpha value is -0.660. The number of nitrogens with zero attached hydrogens (tertiary/aromatic N) is 1. The molecule has 1 fully saturated rings. The van der Waals surface area contributed by atoms with Gasteiger partial charge in [0, 0.05) is 20.1 Å². The molecule has 0 amide bonds. The molecule has 0 bridgehead atoms. The minimum atomic E-state index is -3.53. The van der Waals surface area contributed by atoms with Crippen LogP contribution < -0.4 is 4.72 Å². The monoisotopic (exact) mass is 278 g/mol. The van der Waals surface area contributed by atoms with Gasteiger partial charge >= 0.3 is 5.97 Å². The van der Waals surface area contributed by atoms with E-state index < -0.39 is 16.2 Å². The van der Waals surface area contributed by atoms with Crippen LogP contribution >= 0.6 is 0 Å². The van der Waals surface area contributed by atoms with Crippen molar-refractivity contribution in [2.45, 2.75) is 38.5 Å². The van der Waals surface area contributed by atoms with Crippen molar-refractivity contribution in [1.29, 1.82) is 0 Å². The predicted molar refractivity (Wildman–Crippen MR) is 68.4 cm³/mol. The van der Waals surface area contributed by atoms with E-state index in [0.717, 1.165) is 10.7 Å². The molecular weight excluding hydrogens is 256 g/mol. The van der Waals surface area contributed by atoms with Crippen LogP contribution in [0.4, 0.5) is 0 Å². The fraction of sp³-hybridized carbons (Fsp3) is 0.909. The first-order valence-electron chi connectivity index (χ1n) is 6.34. The van der Waals surface area contributed by atoms with Crippen molar-refractivity contribution in [3.05, 3.63) is 0 Å². The van der Waals surface area contributed by atoms with Crippen molar-refractivity contribution >= 4 is 16.2 Å². The van der Waals surface area contributed by atoms with Gasteiger partial charge in [0.15, 0.2) is 0 Å². The van der Waals surface area contributed by atoms with Crippen molar-refractivity contribution in [1.82, 2.24) is 9.03 Å². The Morgan fingerprint density at radius 3 is 2.56 bits per heavy atom. The van der Waals surface area contributed by atoms with E-state index in [9.17, 15) is 13.2 Å². The molecule has 1 aliphatic carbocycles. The van der Waals surface area contributed by atoms with Gasteiger partial charge in [0.1, 0.15) is 0 Å². The van der Waals surface area contributed by atoms with Gasteiger partial charge in [0.2, 0.25) is 0 Å². The number of hydrogen-bond donors (Lipinski definition) is 2. The molecule has 0 aromatic rings. The van der Waals surface area contributed by atoms with Crippen LogP contribution in [0.2, 0.25) is 0 Å². The van der Waals surface area contributed by atoms with Crippen molar-refractivity contribution in [3.8, 4) is 0 Å². The lowest BCUT2D eigenvalue weighted by molar-refractivity contribution is -0.137. The van der Waals surface area contributed by atoms with Crippen molar-refractivity contribution in [3.63, 3.8) is 0 Å². The Labute approximate surface area is 109 Å². The zero-order valence-corrected chi connectivity index (χ0v) is 11.6. The summed E-state index contributed by atoms with van der Waals surface area (Å²) in [6, 6.07) is 0. The third kappa shape index (κ3) is 5.32. The zero-order chi connectivity index (χ0) is 13.6. The van der Waals surface area contributed by atoms with Crippen molar-refractivity contribution in [2.75, 3.05) is 20.1 Å². The first-order chi connectivity index (χ1) is 8.42. The summed E-state index contributed by atoms with van der Waals surface area (Å²) < 4.78 is 27.0. The molecule has 0 aromatic carbocycles. The second-order valence-electron chi connectivity index (χ2n) is 4.80. The lowest BCUT2D eigenvalue weighted by atomic mass is 10.1. The Balaban J connectivity index is 2.27. The molecule has 0 aromatic heterocycles. The predicted octanol–water partition coefficient (Wildman–Crippen LogP) is 0.808. The molecular formula is C11H22N2O4S. The second kappa shape index (κ2) is 7.06. The third-order valence-corrected chi connectivity index (χ3v) is 4.93. The molecule has 0 saturated heterocycles. The summed E-state index contributed by atoms with van der Waals surface area (Å²) in [4.78, 5) is 10.4. The summed E-state index contributed by atoms with van der Waals surface area (Å²) in [7, 11) is -2.14. The minimum Gasteiger partial charge on any atom is -0.481 e. The number of nitrogens with one attached hydrogen (secondary N) is 1. The maximum atomic E-state index is 11.7. The van der Waals surface area contributed by atoms with Gasteiger partial charge in [-0.1, -0.05) is 25.7 Å². The average Bonchev–Trinajstić information content (AvgIpc) is 2.78. The Morgan fingerprint density at radius 2 is 2.00 bits per heavy atom. The Bertz CT molecular complexity index is 363. The van der Waals surface area contributed by atoms with E-state index in [1.165, 1.54) is 32.7 Å². The molecule has 106 valence electrons. The van der Waals surface area contributed by atoms with Crippen LogP contribution in [-0.2, 0) is 15.0 Å². The zero-order valence-electron chi connectivity index (χ0n) is 10.8. The fourth-order valence-corrected chi connectivity index (χ4v) is 3.10. The number of hydrogen-bond acceptors (Lipinski definition) is 3. The molecule has 0 heterocycles. The van der Waals surface area contributed by atoms with Crippen LogP contribution in [0.3, 0.4) is 0 Å². The maximum absolute atomic E-state index is 11.7. The van der Waals surface area contributed by atoms with E-state index in [4.69, 9.17) is 5.11 Å². The topological polar surface area (TPSA) is 86.7 Å². The van der Waals surface area contributed by atoms with Crippen LogP contribution in [0.25, 0.3) is 0 Å². The first-order valence-corrected chi connectivity index (χ1v) is 7.78. The van der Waals surface area contributed by atoms with Gasteiger partial charge in [-0.25, -0.2) is 4.72 Å². The van der Waals surface area contributed by atoms with Crippen molar-refractivity contribution < 1.29 is 18.3 Å². The van der Waals surface area contributed by atoms with E-state index in [1.54, 1.807) is 0 Å². The molecule has 1 saturated carbocycles. The van der Waals surface area contributed by atoms with Gasteiger partial charge in [-0.15, -0.1) is 0 Å². The standard InChI is InChI=1S/C11H22N2O4S/c1-13(9-7-11(14)15)18(16,17)12-8-6-10-4-2-3-5-10/h10,12H,2-9H2,1H3,(H,14,15). The van der Waals surface area contributed by atoms with Gasteiger partial charge < -0.3 is 5.11 Å². The molecule has 2 N–H and O–H groups in total. The number of carbonyl (C=O) groups is 1. The van der Waals surface area contributed by atoms with E-state index in [0.29, 0.717) is 12.5 Å².